The fraction of sp³-hybridized carbons (Fsp3) is 0.824. The van der Waals surface area contributed by atoms with Crippen molar-refractivity contribution in [3.8, 4) is 0 Å². The first-order valence-corrected chi connectivity index (χ1v) is 9.00. The van der Waals surface area contributed by atoms with Crippen molar-refractivity contribution in [3.05, 3.63) is 16.1 Å². The molecular weight excluding hydrogens is 264 g/mol. The minimum absolute atomic E-state index is 0.156. The Balaban J connectivity index is 2.25. The van der Waals surface area contributed by atoms with Crippen molar-refractivity contribution in [2.75, 3.05) is 6.54 Å². The van der Waals surface area contributed by atoms with Crippen molar-refractivity contribution >= 4 is 11.3 Å². The number of nitrogens with zero attached hydrogens (tertiary/aromatic N) is 1. The molecule has 1 saturated carbocycles. The van der Waals surface area contributed by atoms with Crippen molar-refractivity contribution in [2.45, 2.75) is 77.7 Å². The van der Waals surface area contributed by atoms with Crippen molar-refractivity contribution in [3.63, 3.8) is 0 Å². The van der Waals surface area contributed by atoms with Gasteiger partial charge in [0.1, 0.15) is 5.01 Å². The lowest BCUT2D eigenvalue weighted by Gasteiger charge is -2.29. The molecule has 20 heavy (non-hydrogen) atoms. The normalized spacial score (nSPS) is 27.1. The fourth-order valence-electron chi connectivity index (χ4n) is 3.13. The van der Waals surface area contributed by atoms with Gasteiger partial charge in [0.15, 0.2) is 0 Å². The third-order valence-corrected chi connectivity index (χ3v) is 5.64. The molecule has 1 fully saturated rings. The Labute approximate surface area is 128 Å². The van der Waals surface area contributed by atoms with E-state index >= 15 is 0 Å². The number of nitrogens with one attached hydrogen (secondary N) is 1. The average molecular weight is 295 g/mol. The molecule has 0 bridgehead atoms. The third kappa shape index (κ3) is 3.25. The molecule has 1 aromatic rings. The Morgan fingerprint density at radius 2 is 2.15 bits per heavy atom. The van der Waals surface area contributed by atoms with Crippen LogP contribution in [0.4, 0.5) is 0 Å². The summed E-state index contributed by atoms with van der Waals surface area (Å²) < 4.78 is 0. The minimum atomic E-state index is 0.156. The van der Waals surface area contributed by atoms with Gasteiger partial charge in [0.2, 0.25) is 0 Å². The summed E-state index contributed by atoms with van der Waals surface area (Å²) in [5.41, 5.74) is 1.56. The van der Waals surface area contributed by atoms with Crippen LogP contribution in [-0.2, 0) is 11.0 Å². The van der Waals surface area contributed by atoms with Crippen LogP contribution in [0.25, 0.3) is 0 Å². The summed E-state index contributed by atoms with van der Waals surface area (Å²) in [5, 5.41) is 7.43. The molecule has 2 nitrogen and oxygen atoms in total. The lowest BCUT2D eigenvalue weighted by atomic mass is 9.92. The molecule has 3 heteroatoms. The van der Waals surface area contributed by atoms with Gasteiger partial charge in [-0.05, 0) is 38.1 Å². The Hall–Kier alpha value is -0.410. The molecule has 2 rings (SSSR count). The molecule has 1 aliphatic carbocycles. The molecule has 0 radical (unpaired) electrons. The number of hydrogen-bond acceptors (Lipinski definition) is 3. The minimum Gasteiger partial charge on any atom is -0.305 e. The number of hydrogen-bond donors (Lipinski definition) is 1. The lowest BCUT2D eigenvalue weighted by Crippen LogP contribution is -2.40. The van der Waals surface area contributed by atoms with E-state index in [1.165, 1.54) is 42.8 Å². The fourth-order valence-corrected chi connectivity index (χ4v) is 4.39. The zero-order valence-electron chi connectivity index (χ0n) is 13.8. The first-order valence-electron chi connectivity index (χ1n) is 8.13. The Morgan fingerprint density at radius 3 is 2.65 bits per heavy atom. The van der Waals surface area contributed by atoms with E-state index in [1.54, 1.807) is 0 Å². The van der Waals surface area contributed by atoms with Crippen LogP contribution in [0.2, 0.25) is 0 Å². The molecule has 0 amide bonds. The van der Waals surface area contributed by atoms with Crippen LogP contribution in [0, 0.1) is 5.92 Å². The standard InChI is InChI=1S/C17H30N2S/c1-6-10-18-17(9-8-13(7-2)11-17)15-19-14(12-20-15)16(3,4)5/h12-13,18H,6-11H2,1-5H3. The summed E-state index contributed by atoms with van der Waals surface area (Å²) in [7, 11) is 0. The smallest absolute Gasteiger partial charge is 0.113 e. The van der Waals surface area contributed by atoms with Crippen LogP contribution in [0.1, 0.15) is 77.4 Å². The van der Waals surface area contributed by atoms with E-state index in [4.69, 9.17) is 4.98 Å². The maximum atomic E-state index is 5.01. The highest BCUT2D eigenvalue weighted by molar-refractivity contribution is 7.09. The largest absolute Gasteiger partial charge is 0.305 e. The quantitative estimate of drug-likeness (QED) is 0.840. The topological polar surface area (TPSA) is 24.9 Å². The molecule has 0 spiro atoms. The van der Waals surface area contributed by atoms with Crippen molar-refractivity contribution in [1.29, 1.82) is 0 Å². The summed E-state index contributed by atoms with van der Waals surface area (Å²) in [6.45, 7) is 12.4. The highest BCUT2D eigenvalue weighted by Crippen LogP contribution is 2.45. The van der Waals surface area contributed by atoms with Gasteiger partial charge in [0.25, 0.3) is 0 Å². The van der Waals surface area contributed by atoms with Crippen LogP contribution in [0.3, 0.4) is 0 Å². The Bertz CT molecular complexity index is 432. The van der Waals surface area contributed by atoms with E-state index < -0.39 is 0 Å². The van der Waals surface area contributed by atoms with E-state index in [1.807, 2.05) is 11.3 Å². The highest BCUT2D eigenvalue weighted by Gasteiger charge is 2.42. The second-order valence-corrected chi connectivity index (χ2v) is 8.17. The summed E-state index contributed by atoms with van der Waals surface area (Å²) >= 11 is 1.86. The van der Waals surface area contributed by atoms with E-state index in [-0.39, 0.29) is 11.0 Å². The van der Waals surface area contributed by atoms with Crippen molar-refractivity contribution < 1.29 is 0 Å². The maximum Gasteiger partial charge on any atom is 0.113 e. The van der Waals surface area contributed by atoms with Gasteiger partial charge in [0.05, 0.1) is 11.2 Å². The number of aromatic nitrogens is 1. The highest BCUT2D eigenvalue weighted by atomic mass is 32.1. The molecule has 1 aromatic heterocycles. The number of rotatable bonds is 5. The first kappa shape index (κ1) is 16.0. The Kier molecular flexibility index (Phi) is 4.91. The van der Waals surface area contributed by atoms with Gasteiger partial charge in [-0.2, -0.15) is 0 Å². The van der Waals surface area contributed by atoms with Gasteiger partial charge >= 0.3 is 0 Å². The molecule has 0 aromatic carbocycles. The molecule has 0 aliphatic heterocycles. The summed E-state index contributed by atoms with van der Waals surface area (Å²) in [6.07, 6.45) is 6.35. The van der Waals surface area contributed by atoms with Gasteiger partial charge in [-0.3, -0.25) is 0 Å². The second-order valence-electron chi connectivity index (χ2n) is 7.31. The molecule has 2 atom stereocenters. The van der Waals surface area contributed by atoms with E-state index in [2.05, 4.69) is 45.3 Å². The number of thiazole rings is 1. The van der Waals surface area contributed by atoms with E-state index in [9.17, 15) is 0 Å². The van der Waals surface area contributed by atoms with Crippen molar-refractivity contribution in [1.82, 2.24) is 10.3 Å². The van der Waals surface area contributed by atoms with Crippen LogP contribution < -0.4 is 5.32 Å². The summed E-state index contributed by atoms with van der Waals surface area (Å²) in [6, 6.07) is 0. The maximum absolute atomic E-state index is 5.01. The van der Waals surface area contributed by atoms with Gasteiger partial charge < -0.3 is 5.32 Å². The van der Waals surface area contributed by atoms with Crippen LogP contribution in [0.15, 0.2) is 5.38 Å². The Morgan fingerprint density at radius 1 is 1.40 bits per heavy atom. The molecule has 2 unspecified atom stereocenters. The zero-order chi connectivity index (χ0) is 14.8. The molecule has 1 heterocycles. The van der Waals surface area contributed by atoms with Crippen molar-refractivity contribution in [2.24, 2.45) is 5.92 Å². The van der Waals surface area contributed by atoms with Gasteiger partial charge in [0, 0.05) is 10.8 Å². The lowest BCUT2D eigenvalue weighted by molar-refractivity contribution is 0.323. The van der Waals surface area contributed by atoms with Crippen LogP contribution in [0.5, 0.6) is 0 Å². The predicted molar refractivity (Wildman–Crippen MR) is 88.4 cm³/mol. The van der Waals surface area contributed by atoms with Crippen LogP contribution in [-0.4, -0.2) is 11.5 Å². The predicted octanol–water partition coefficient (Wildman–Crippen LogP) is 4.85. The zero-order valence-corrected chi connectivity index (χ0v) is 14.6. The van der Waals surface area contributed by atoms with Gasteiger partial charge in [-0.1, -0.05) is 41.0 Å². The molecule has 1 aliphatic rings. The first-order chi connectivity index (χ1) is 9.41. The van der Waals surface area contributed by atoms with Gasteiger partial charge in [-0.25, -0.2) is 4.98 Å². The summed E-state index contributed by atoms with van der Waals surface area (Å²) in [5.74, 6) is 0.862. The second kappa shape index (κ2) is 6.15. The van der Waals surface area contributed by atoms with Gasteiger partial charge in [-0.15, -0.1) is 11.3 Å². The van der Waals surface area contributed by atoms with Crippen LogP contribution >= 0.6 is 11.3 Å². The average Bonchev–Trinajstić information content (AvgIpc) is 3.03. The monoisotopic (exact) mass is 294 g/mol. The molecule has 1 N–H and O–H groups in total. The van der Waals surface area contributed by atoms with E-state index in [0.717, 1.165) is 12.5 Å². The SMILES string of the molecule is CCCNC1(c2nc(C(C)(C)C)cs2)CCC(CC)C1. The molecular formula is C17H30N2S. The van der Waals surface area contributed by atoms with E-state index in [0.29, 0.717) is 0 Å². The third-order valence-electron chi connectivity index (χ3n) is 4.59. The summed E-state index contributed by atoms with van der Waals surface area (Å²) in [4.78, 5) is 5.01. The molecule has 0 saturated heterocycles. The molecule has 114 valence electrons.